The van der Waals surface area contributed by atoms with E-state index in [0.717, 1.165) is 22.6 Å². The summed E-state index contributed by atoms with van der Waals surface area (Å²) >= 11 is 0. The van der Waals surface area contributed by atoms with Crippen molar-refractivity contribution in [1.82, 2.24) is 14.9 Å². The third-order valence-corrected chi connectivity index (χ3v) is 6.60. The van der Waals surface area contributed by atoms with E-state index in [-0.39, 0.29) is 11.3 Å². The van der Waals surface area contributed by atoms with Crippen LogP contribution in [0.3, 0.4) is 0 Å². The Morgan fingerprint density at radius 2 is 1.59 bits per heavy atom. The van der Waals surface area contributed by atoms with Gasteiger partial charge in [0.25, 0.3) is 5.91 Å². The molecule has 3 aromatic carbocycles. The number of aromatic nitrogens is 2. The number of benzene rings is 3. The summed E-state index contributed by atoms with van der Waals surface area (Å²) in [5, 5.41) is 2.98. The average molecular weight is 532 g/mol. The minimum absolute atomic E-state index is 0.101. The van der Waals surface area contributed by atoms with Gasteiger partial charge in [0.1, 0.15) is 18.2 Å². The first kappa shape index (κ1) is 27.8. The van der Waals surface area contributed by atoms with Crippen molar-refractivity contribution in [2.24, 2.45) is 0 Å². The Morgan fingerprint density at radius 1 is 0.923 bits per heavy atom. The molecule has 0 spiro atoms. The third kappa shape index (κ3) is 6.45. The molecule has 0 fully saturated rings. The number of methoxy groups -OCH3 is 3. The molecule has 1 amide bonds. The first-order valence-corrected chi connectivity index (χ1v) is 13.0. The Labute approximate surface area is 229 Å². The van der Waals surface area contributed by atoms with E-state index < -0.39 is 0 Å². The van der Waals surface area contributed by atoms with Crippen LogP contribution in [0.5, 0.6) is 23.0 Å². The molecule has 8 nitrogen and oxygen atoms in total. The highest BCUT2D eigenvalue weighted by molar-refractivity contribution is 5.95. The lowest BCUT2D eigenvalue weighted by molar-refractivity contribution is 0.0953. The summed E-state index contributed by atoms with van der Waals surface area (Å²) in [5.74, 6) is 2.78. The van der Waals surface area contributed by atoms with Crippen molar-refractivity contribution in [3.8, 4) is 23.0 Å². The molecule has 1 aromatic heterocycles. The van der Waals surface area contributed by atoms with E-state index in [1.807, 2.05) is 30.3 Å². The van der Waals surface area contributed by atoms with Gasteiger partial charge in [-0.05, 0) is 47.4 Å². The van der Waals surface area contributed by atoms with E-state index in [4.69, 9.17) is 23.9 Å². The van der Waals surface area contributed by atoms with Gasteiger partial charge in [-0.2, -0.15) is 0 Å². The minimum atomic E-state index is -0.237. The molecule has 4 rings (SSSR count). The van der Waals surface area contributed by atoms with Crippen LogP contribution in [0.25, 0.3) is 11.0 Å². The summed E-state index contributed by atoms with van der Waals surface area (Å²) in [6, 6.07) is 19.6. The van der Waals surface area contributed by atoms with Gasteiger partial charge in [0.2, 0.25) is 5.75 Å². The summed E-state index contributed by atoms with van der Waals surface area (Å²) in [5.41, 5.74) is 3.74. The predicted molar refractivity (Wildman–Crippen MR) is 153 cm³/mol. The number of nitrogens with zero attached hydrogens (tertiary/aromatic N) is 2. The number of carbonyl (C=O) groups excluding carboxylic acids is 1. The zero-order valence-corrected chi connectivity index (χ0v) is 23.5. The zero-order valence-electron chi connectivity index (χ0n) is 23.5. The quantitative estimate of drug-likeness (QED) is 0.279. The first-order valence-electron chi connectivity index (χ1n) is 13.0. The number of imidazole rings is 1. The summed E-state index contributed by atoms with van der Waals surface area (Å²) < 4.78 is 24.3. The summed E-state index contributed by atoms with van der Waals surface area (Å²) in [7, 11) is 4.57. The number of rotatable bonds is 11. The second-order valence-corrected chi connectivity index (χ2v) is 10.2. The highest BCUT2D eigenvalue weighted by Crippen LogP contribution is 2.38. The number of fused-ring (bicyclic) bond motifs is 1. The standard InChI is InChI=1S/C31H37N3O5/c1-31(2,3)22-11-13-23(14-12-22)39-18-17-34-25-10-8-7-9-24(25)33-28(34)15-16-32-30(35)21-19-26(36-4)29(38-6)27(20-21)37-5/h7-14,19-20H,15-18H2,1-6H3,(H,32,35). The second-order valence-electron chi connectivity index (χ2n) is 10.2. The number of para-hydroxylation sites is 2. The summed E-state index contributed by atoms with van der Waals surface area (Å²) in [6.07, 6.45) is 0.561. The zero-order chi connectivity index (χ0) is 28.0. The van der Waals surface area contributed by atoms with E-state index >= 15 is 0 Å². The predicted octanol–water partition coefficient (Wildman–Crippen LogP) is 5.41. The van der Waals surface area contributed by atoms with E-state index in [1.54, 1.807) is 12.1 Å². The van der Waals surface area contributed by atoms with E-state index in [2.05, 4.69) is 48.9 Å². The lowest BCUT2D eigenvalue weighted by atomic mass is 9.87. The van der Waals surface area contributed by atoms with Gasteiger partial charge in [-0.15, -0.1) is 0 Å². The fourth-order valence-corrected chi connectivity index (χ4v) is 4.47. The molecule has 0 aliphatic heterocycles. The molecule has 0 bridgehead atoms. The molecule has 39 heavy (non-hydrogen) atoms. The van der Waals surface area contributed by atoms with Crippen molar-refractivity contribution >= 4 is 16.9 Å². The molecule has 0 unspecified atom stereocenters. The van der Waals surface area contributed by atoms with Crippen molar-refractivity contribution in [1.29, 1.82) is 0 Å². The molecule has 1 N–H and O–H groups in total. The van der Waals surface area contributed by atoms with E-state index in [9.17, 15) is 4.79 Å². The maximum absolute atomic E-state index is 12.9. The molecule has 0 saturated heterocycles. The van der Waals surface area contributed by atoms with Crippen LogP contribution in [-0.2, 0) is 18.4 Å². The first-order chi connectivity index (χ1) is 18.7. The SMILES string of the molecule is COc1cc(C(=O)NCCc2nc3ccccc3n2CCOc2ccc(C(C)(C)C)cc2)cc(OC)c1OC. The van der Waals surface area contributed by atoms with Crippen LogP contribution in [0.1, 0.15) is 42.5 Å². The highest BCUT2D eigenvalue weighted by Gasteiger charge is 2.18. The fourth-order valence-electron chi connectivity index (χ4n) is 4.47. The lowest BCUT2D eigenvalue weighted by Crippen LogP contribution is -2.27. The number of amides is 1. The van der Waals surface area contributed by atoms with Gasteiger partial charge >= 0.3 is 0 Å². The van der Waals surface area contributed by atoms with Gasteiger partial charge < -0.3 is 28.8 Å². The van der Waals surface area contributed by atoms with Crippen LogP contribution in [0.4, 0.5) is 0 Å². The van der Waals surface area contributed by atoms with Crippen molar-refractivity contribution in [2.45, 2.75) is 39.2 Å². The van der Waals surface area contributed by atoms with Crippen LogP contribution in [0.2, 0.25) is 0 Å². The van der Waals surface area contributed by atoms with Crippen molar-refractivity contribution in [3.05, 3.63) is 77.6 Å². The molecule has 0 aliphatic carbocycles. The Kier molecular flexibility index (Phi) is 8.64. The Balaban J connectivity index is 1.42. The summed E-state index contributed by atoms with van der Waals surface area (Å²) in [6.45, 7) is 8.14. The molecule has 8 heteroatoms. The Hall–Kier alpha value is -4.20. The maximum Gasteiger partial charge on any atom is 0.251 e. The van der Waals surface area contributed by atoms with Crippen LogP contribution >= 0.6 is 0 Å². The minimum Gasteiger partial charge on any atom is -0.493 e. The molecule has 0 aliphatic rings. The molecule has 4 aromatic rings. The molecule has 0 saturated carbocycles. The second kappa shape index (κ2) is 12.1. The van der Waals surface area contributed by atoms with Crippen LogP contribution in [-0.4, -0.2) is 49.9 Å². The number of carbonyl (C=O) groups is 1. The number of ether oxygens (including phenoxy) is 4. The maximum atomic E-state index is 12.9. The van der Waals surface area contributed by atoms with Crippen LogP contribution < -0.4 is 24.3 Å². The monoisotopic (exact) mass is 531 g/mol. The number of hydrogen-bond acceptors (Lipinski definition) is 6. The highest BCUT2D eigenvalue weighted by atomic mass is 16.5. The largest absolute Gasteiger partial charge is 0.493 e. The average Bonchev–Trinajstić information content (AvgIpc) is 3.29. The molecule has 206 valence electrons. The topological polar surface area (TPSA) is 83.8 Å². The Bertz CT molecular complexity index is 1400. The van der Waals surface area contributed by atoms with Crippen molar-refractivity contribution in [3.63, 3.8) is 0 Å². The van der Waals surface area contributed by atoms with Crippen molar-refractivity contribution in [2.75, 3.05) is 34.5 Å². The molecular weight excluding hydrogens is 494 g/mol. The van der Waals surface area contributed by atoms with Gasteiger partial charge in [0.05, 0.1) is 38.9 Å². The van der Waals surface area contributed by atoms with Crippen LogP contribution in [0, 0.1) is 0 Å². The fraction of sp³-hybridized carbons (Fsp3) is 0.355. The normalized spacial score (nSPS) is 11.3. The molecule has 0 radical (unpaired) electrons. The number of hydrogen-bond donors (Lipinski definition) is 1. The lowest BCUT2D eigenvalue weighted by Gasteiger charge is -2.19. The van der Waals surface area contributed by atoms with Gasteiger partial charge in [-0.3, -0.25) is 4.79 Å². The number of nitrogens with one attached hydrogen (secondary N) is 1. The smallest absolute Gasteiger partial charge is 0.251 e. The van der Waals surface area contributed by atoms with E-state index in [0.29, 0.717) is 48.9 Å². The Morgan fingerprint density at radius 3 is 2.21 bits per heavy atom. The van der Waals surface area contributed by atoms with Gasteiger partial charge in [-0.1, -0.05) is 45.0 Å². The molecule has 1 heterocycles. The van der Waals surface area contributed by atoms with Crippen LogP contribution in [0.15, 0.2) is 60.7 Å². The van der Waals surface area contributed by atoms with Gasteiger partial charge in [-0.25, -0.2) is 4.98 Å². The third-order valence-electron chi connectivity index (χ3n) is 6.60. The van der Waals surface area contributed by atoms with E-state index in [1.165, 1.54) is 26.9 Å². The van der Waals surface area contributed by atoms with Gasteiger partial charge in [0.15, 0.2) is 11.5 Å². The van der Waals surface area contributed by atoms with Gasteiger partial charge in [0, 0.05) is 18.5 Å². The summed E-state index contributed by atoms with van der Waals surface area (Å²) in [4.78, 5) is 17.8. The molecule has 0 atom stereocenters. The molecular formula is C31H37N3O5. The van der Waals surface area contributed by atoms with Crippen molar-refractivity contribution < 1.29 is 23.7 Å².